The first-order valence-electron chi connectivity index (χ1n) is 8.92. The molecule has 2 aromatic rings. The topological polar surface area (TPSA) is 49.4 Å². The lowest BCUT2D eigenvalue weighted by Crippen LogP contribution is -2.44. The molecule has 0 bridgehead atoms. The molecule has 29 heavy (non-hydrogen) atoms. The molecule has 0 saturated carbocycles. The summed E-state index contributed by atoms with van der Waals surface area (Å²) in [5, 5.41) is 3.36. The zero-order valence-corrected chi connectivity index (χ0v) is 18.3. The Morgan fingerprint density at radius 1 is 1.17 bits per heavy atom. The number of carbonyl (C=O) groups is 2. The van der Waals surface area contributed by atoms with Crippen LogP contribution in [-0.4, -0.2) is 27.1 Å². The Hall–Kier alpha value is -2.41. The quantitative estimate of drug-likeness (QED) is 0.489. The fourth-order valence-corrected chi connectivity index (χ4v) is 4.37. The predicted molar refractivity (Wildman–Crippen MR) is 125 cm³/mol. The maximum atomic E-state index is 12.9. The summed E-state index contributed by atoms with van der Waals surface area (Å²) in [7, 11) is 0. The summed E-state index contributed by atoms with van der Waals surface area (Å²) < 4.78 is 0.368. The highest BCUT2D eigenvalue weighted by Gasteiger charge is 2.38. The van der Waals surface area contributed by atoms with E-state index in [0.717, 1.165) is 11.1 Å². The van der Waals surface area contributed by atoms with Gasteiger partial charge < -0.3 is 5.32 Å². The highest BCUT2D eigenvalue weighted by Crippen LogP contribution is 2.33. The van der Waals surface area contributed by atoms with Crippen LogP contribution in [0, 0.1) is 0 Å². The van der Waals surface area contributed by atoms with E-state index in [-0.39, 0.29) is 11.8 Å². The van der Waals surface area contributed by atoms with Crippen LogP contribution < -0.4 is 5.32 Å². The zero-order valence-electron chi connectivity index (χ0n) is 15.9. The average Bonchev–Trinajstić information content (AvgIpc) is 2.96. The number of thiocarbonyl (C=S) groups is 1. The highest BCUT2D eigenvalue weighted by molar-refractivity contribution is 8.26. The lowest BCUT2D eigenvalue weighted by molar-refractivity contribution is -0.129. The largest absolute Gasteiger partial charge is 0.324 e. The molecule has 2 amide bonds. The standard InChI is InChI=1S/C22H19ClN2O2S2/c1-14(12-16-6-4-3-5-7-16)13-19-21(27)25(22(28)29-19)15(2)20(26)24-18-10-8-17(23)9-11-18/h3-13,15H,1-2H3,(H,24,26)/b14-12+,19-13-. The summed E-state index contributed by atoms with van der Waals surface area (Å²) >= 11 is 12.4. The molecule has 0 radical (unpaired) electrons. The summed E-state index contributed by atoms with van der Waals surface area (Å²) in [5.74, 6) is -0.582. The molecule has 3 rings (SSSR count). The number of anilines is 1. The van der Waals surface area contributed by atoms with Crippen LogP contribution in [-0.2, 0) is 9.59 Å². The molecular formula is C22H19ClN2O2S2. The summed E-state index contributed by atoms with van der Waals surface area (Å²) in [4.78, 5) is 27.3. The molecule has 1 fully saturated rings. The Morgan fingerprint density at radius 3 is 2.48 bits per heavy atom. The van der Waals surface area contributed by atoms with Crippen LogP contribution in [0.25, 0.3) is 6.08 Å². The second-order valence-electron chi connectivity index (χ2n) is 6.52. The van der Waals surface area contributed by atoms with Crippen LogP contribution in [0.2, 0.25) is 5.02 Å². The molecule has 1 saturated heterocycles. The number of thioether (sulfide) groups is 1. The normalized spacial score (nSPS) is 17.0. The Labute approximate surface area is 184 Å². The zero-order chi connectivity index (χ0) is 21.0. The predicted octanol–water partition coefficient (Wildman–Crippen LogP) is 5.51. The molecule has 1 aliphatic heterocycles. The van der Waals surface area contributed by atoms with E-state index in [1.54, 1.807) is 37.3 Å². The molecule has 0 aliphatic carbocycles. The molecule has 1 N–H and O–H groups in total. The first-order valence-corrected chi connectivity index (χ1v) is 10.5. The third-order valence-electron chi connectivity index (χ3n) is 4.25. The van der Waals surface area contributed by atoms with Crippen LogP contribution in [0.15, 0.2) is 71.2 Å². The van der Waals surface area contributed by atoms with Crippen molar-refractivity contribution in [1.29, 1.82) is 0 Å². The van der Waals surface area contributed by atoms with Gasteiger partial charge in [-0.15, -0.1) is 0 Å². The number of allylic oxidation sites excluding steroid dienone is 2. The Kier molecular flexibility index (Phi) is 6.90. The van der Waals surface area contributed by atoms with Crippen LogP contribution in [0.5, 0.6) is 0 Å². The van der Waals surface area contributed by atoms with Gasteiger partial charge in [-0.25, -0.2) is 0 Å². The molecule has 148 valence electrons. The first-order chi connectivity index (χ1) is 13.8. The van der Waals surface area contributed by atoms with Gasteiger partial charge in [0.15, 0.2) is 0 Å². The summed E-state index contributed by atoms with van der Waals surface area (Å²) in [6.07, 6.45) is 3.79. The number of hydrogen-bond donors (Lipinski definition) is 1. The van der Waals surface area contributed by atoms with E-state index < -0.39 is 6.04 Å². The number of rotatable bonds is 5. The SMILES string of the molecule is CC(/C=C1\SC(=S)N(C(C)C(=O)Nc2ccc(Cl)cc2)C1=O)=C\c1ccccc1. The Morgan fingerprint density at radius 2 is 1.83 bits per heavy atom. The fourth-order valence-electron chi connectivity index (χ4n) is 2.77. The molecule has 0 aromatic heterocycles. The van der Waals surface area contributed by atoms with Crippen molar-refractivity contribution in [2.45, 2.75) is 19.9 Å². The van der Waals surface area contributed by atoms with Gasteiger partial charge in [0, 0.05) is 10.7 Å². The van der Waals surface area contributed by atoms with Crippen molar-refractivity contribution < 1.29 is 9.59 Å². The van der Waals surface area contributed by atoms with Gasteiger partial charge in [-0.2, -0.15) is 0 Å². The van der Waals surface area contributed by atoms with Gasteiger partial charge in [-0.1, -0.05) is 72.0 Å². The molecule has 1 unspecified atom stereocenters. The van der Waals surface area contributed by atoms with Gasteiger partial charge in [0.2, 0.25) is 5.91 Å². The minimum absolute atomic E-state index is 0.264. The summed E-state index contributed by atoms with van der Waals surface area (Å²) in [5.41, 5.74) is 2.58. The van der Waals surface area contributed by atoms with Crippen molar-refractivity contribution in [3.63, 3.8) is 0 Å². The van der Waals surface area contributed by atoms with Crippen molar-refractivity contribution in [2.75, 3.05) is 5.32 Å². The molecule has 2 aromatic carbocycles. The van der Waals surface area contributed by atoms with Gasteiger partial charge in [0.1, 0.15) is 10.4 Å². The van der Waals surface area contributed by atoms with Gasteiger partial charge in [-0.3, -0.25) is 14.5 Å². The maximum absolute atomic E-state index is 12.9. The molecule has 7 heteroatoms. The van der Waals surface area contributed by atoms with Crippen LogP contribution >= 0.6 is 35.6 Å². The van der Waals surface area contributed by atoms with E-state index in [0.29, 0.717) is 19.9 Å². The number of benzene rings is 2. The smallest absolute Gasteiger partial charge is 0.266 e. The highest BCUT2D eigenvalue weighted by atomic mass is 35.5. The summed E-state index contributed by atoms with van der Waals surface area (Å²) in [6.45, 7) is 3.59. The second kappa shape index (κ2) is 9.39. The molecule has 4 nitrogen and oxygen atoms in total. The van der Waals surface area contributed by atoms with E-state index in [1.165, 1.54) is 16.7 Å². The third-order valence-corrected chi connectivity index (χ3v) is 5.84. The van der Waals surface area contributed by atoms with E-state index in [9.17, 15) is 9.59 Å². The first kappa shape index (κ1) is 21.3. The van der Waals surface area contributed by atoms with Gasteiger partial charge in [-0.05, 0) is 55.3 Å². The van der Waals surface area contributed by atoms with Crippen molar-refractivity contribution in [1.82, 2.24) is 4.90 Å². The van der Waals surface area contributed by atoms with E-state index >= 15 is 0 Å². The number of halogens is 1. The fraction of sp³-hybridized carbons (Fsp3) is 0.136. The summed E-state index contributed by atoms with van der Waals surface area (Å²) in [6, 6.07) is 15.9. The number of nitrogens with zero attached hydrogens (tertiary/aromatic N) is 1. The number of amides is 2. The van der Waals surface area contributed by atoms with Crippen molar-refractivity contribution in [2.24, 2.45) is 0 Å². The van der Waals surface area contributed by atoms with E-state index in [2.05, 4.69) is 5.32 Å². The lowest BCUT2D eigenvalue weighted by Gasteiger charge is -2.22. The average molecular weight is 443 g/mol. The number of nitrogens with one attached hydrogen (secondary N) is 1. The molecule has 1 atom stereocenters. The van der Waals surface area contributed by atoms with Crippen molar-refractivity contribution >= 4 is 63.5 Å². The van der Waals surface area contributed by atoms with Gasteiger partial charge in [0.25, 0.3) is 5.91 Å². The lowest BCUT2D eigenvalue weighted by atomic mass is 10.1. The molecule has 1 aliphatic rings. The molecule has 0 spiro atoms. The minimum atomic E-state index is -0.734. The van der Waals surface area contributed by atoms with Crippen LogP contribution in [0.3, 0.4) is 0 Å². The van der Waals surface area contributed by atoms with Crippen LogP contribution in [0.4, 0.5) is 5.69 Å². The molecule has 1 heterocycles. The van der Waals surface area contributed by atoms with E-state index in [1.807, 2.05) is 43.3 Å². The minimum Gasteiger partial charge on any atom is -0.324 e. The third kappa shape index (κ3) is 5.35. The Bertz CT molecular complexity index is 1000. The number of hydrogen-bond acceptors (Lipinski definition) is 4. The maximum Gasteiger partial charge on any atom is 0.266 e. The molecular weight excluding hydrogens is 424 g/mol. The second-order valence-corrected chi connectivity index (χ2v) is 8.64. The van der Waals surface area contributed by atoms with Gasteiger partial charge in [0.05, 0.1) is 4.91 Å². The monoisotopic (exact) mass is 442 g/mol. The number of carbonyl (C=O) groups excluding carboxylic acids is 2. The van der Waals surface area contributed by atoms with E-state index in [4.69, 9.17) is 23.8 Å². The van der Waals surface area contributed by atoms with Crippen molar-refractivity contribution in [3.05, 3.63) is 81.7 Å². The van der Waals surface area contributed by atoms with Gasteiger partial charge >= 0.3 is 0 Å². The van der Waals surface area contributed by atoms with Crippen molar-refractivity contribution in [3.8, 4) is 0 Å². The Balaban J connectivity index is 1.73. The van der Waals surface area contributed by atoms with Crippen LogP contribution in [0.1, 0.15) is 19.4 Å².